The summed E-state index contributed by atoms with van der Waals surface area (Å²) in [6.07, 6.45) is 5.87. The molecule has 2 heteroatoms. The minimum absolute atomic E-state index is 0.715. The maximum Gasteiger partial charge on any atom is 0.0731 e. The summed E-state index contributed by atoms with van der Waals surface area (Å²) in [6.45, 7) is 6.65. The van der Waals surface area contributed by atoms with Crippen LogP contribution in [0.15, 0.2) is 16.3 Å². The van der Waals surface area contributed by atoms with Crippen LogP contribution in [0.25, 0.3) is 0 Å². The molecule has 0 saturated carbocycles. The predicted molar refractivity (Wildman–Crippen MR) is 62.3 cm³/mol. The lowest BCUT2D eigenvalue weighted by Gasteiger charge is -2.17. The summed E-state index contributed by atoms with van der Waals surface area (Å²) in [5.41, 5.74) is 2.70. The van der Waals surface area contributed by atoms with E-state index in [1.54, 1.807) is 11.8 Å². The van der Waals surface area contributed by atoms with Gasteiger partial charge in [0.05, 0.1) is 5.04 Å². The molecule has 0 aliphatic carbocycles. The van der Waals surface area contributed by atoms with Crippen LogP contribution in [0.3, 0.4) is 0 Å². The van der Waals surface area contributed by atoms with Crippen molar-refractivity contribution >= 4 is 16.8 Å². The smallest absolute Gasteiger partial charge is 0.0731 e. The van der Waals surface area contributed by atoms with Crippen LogP contribution >= 0.6 is 11.8 Å². The summed E-state index contributed by atoms with van der Waals surface area (Å²) >= 11 is 1.79. The summed E-state index contributed by atoms with van der Waals surface area (Å²) in [5, 5.41) is 1.30. The highest BCUT2D eigenvalue weighted by molar-refractivity contribution is 8.13. The molecule has 0 saturated heterocycles. The first kappa shape index (κ1) is 10.8. The average molecular weight is 197 g/mol. The number of aliphatic imine (C=N–C) groups is 1. The maximum atomic E-state index is 4.65. The van der Waals surface area contributed by atoms with Crippen LogP contribution in [-0.2, 0) is 0 Å². The molecule has 1 aliphatic rings. The molecule has 0 bridgehead atoms. The highest BCUT2D eigenvalue weighted by Gasteiger charge is 2.11. The zero-order chi connectivity index (χ0) is 9.84. The lowest BCUT2D eigenvalue weighted by Crippen LogP contribution is -2.05. The highest BCUT2D eigenvalue weighted by Crippen LogP contribution is 2.25. The van der Waals surface area contributed by atoms with E-state index in [-0.39, 0.29) is 0 Å². The van der Waals surface area contributed by atoms with Gasteiger partial charge in [0.1, 0.15) is 0 Å². The Morgan fingerprint density at radius 2 is 2.08 bits per heavy atom. The number of thioether (sulfide) groups is 1. The van der Waals surface area contributed by atoms with E-state index in [1.165, 1.54) is 29.2 Å². The van der Waals surface area contributed by atoms with Crippen LogP contribution in [0, 0.1) is 5.92 Å². The van der Waals surface area contributed by atoms with E-state index in [4.69, 9.17) is 0 Å². The van der Waals surface area contributed by atoms with Crippen molar-refractivity contribution < 1.29 is 0 Å². The van der Waals surface area contributed by atoms with E-state index in [9.17, 15) is 0 Å². The minimum Gasteiger partial charge on any atom is -0.251 e. The van der Waals surface area contributed by atoms with E-state index in [0.29, 0.717) is 5.92 Å². The maximum absolute atomic E-state index is 4.65. The number of nitrogens with zero attached hydrogens (tertiary/aromatic N) is 1. The predicted octanol–water partition coefficient (Wildman–Crippen LogP) is 3.86. The van der Waals surface area contributed by atoms with Crippen molar-refractivity contribution in [3.8, 4) is 0 Å². The first-order valence-corrected chi connectivity index (χ1v) is 6.16. The first-order chi connectivity index (χ1) is 6.15. The van der Waals surface area contributed by atoms with Crippen molar-refractivity contribution in [3.05, 3.63) is 11.3 Å². The van der Waals surface area contributed by atoms with Crippen molar-refractivity contribution in [3.63, 3.8) is 0 Å². The van der Waals surface area contributed by atoms with Gasteiger partial charge in [-0.2, -0.15) is 0 Å². The zero-order valence-electron chi connectivity index (χ0n) is 9.05. The number of hydrogen-bond acceptors (Lipinski definition) is 2. The average Bonchev–Trinajstić information content (AvgIpc) is 2.13. The molecule has 0 fully saturated rings. The first-order valence-electron chi connectivity index (χ1n) is 4.94. The molecule has 0 amide bonds. The molecule has 1 heterocycles. The van der Waals surface area contributed by atoms with Gasteiger partial charge in [-0.1, -0.05) is 6.92 Å². The standard InChI is InChI=1S/C11H19NS/c1-8-6-5-7-11(13-4)12-10(3)9(8)2/h8H,5-7H2,1-4H3/b10-9-,12-11?. The van der Waals surface area contributed by atoms with Crippen LogP contribution in [0.5, 0.6) is 0 Å². The van der Waals surface area contributed by atoms with E-state index in [0.717, 1.165) is 6.42 Å². The summed E-state index contributed by atoms with van der Waals surface area (Å²) in [6, 6.07) is 0. The minimum atomic E-state index is 0.715. The Bertz CT molecular complexity index is 240. The van der Waals surface area contributed by atoms with Crippen LogP contribution in [0.1, 0.15) is 40.0 Å². The largest absolute Gasteiger partial charge is 0.251 e. The van der Waals surface area contributed by atoms with Crippen LogP contribution in [0.2, 0.25) is 0 Å². The monoisotopic (exact) mass is 197 g/mol. The van der Waals surface area contributed by atoms with Gasteiger partial charge < -0.3 is 0 Å². The van der Waals surface area contributed by atoms with Crippen LogP contribution < -0.4 is 0 Å². The van der Waals surface area contributed by atoms with Gasteiger partial charge in [0.2, 0.25) is 0 Å². The number of rotatable bonds is 0. The summed E-state index contributed by atoms with van der Waals surface area (Å²) in [5.74, 6) is 0.715. The van der Waals surface area contributed by atoms with Crippen molar-refractivity contribution in [2.45, 2.75) is 40.0 Å². The van der Waals surface area contributed by atoms with Gasteiger partial charge in [-0.05, 0) is 50.9 Å². The second-order valence-corrected chi connectivity index (χ2v) is 4.65. The Morgan fingerprint density at radius 1 is 1.38 bits per heavy atom. The molecular formula is C11H19NS. The fourth-order valence-corrected chi connectivity index (χ4v) is 2.19. The molecular weight excluding hydrogens is 178 g/mol. The third-order valence-corrected chi connectivity index (χ3v) is 3.63. The van der Waals surface area contributed by atoms with Gasteiger partial charge in [0, 0.05) is 5.70 Å². The third-order valence-electron chi connectivity index (χ3n) is 2.87. The molecule has 0 aromatic carbocycles. The second kappa shape index (κ2) is 4.85. The second-order valence-electron chi connectivity index (χ2n) is 3.77. The Kier molecular flexibility index (Phi) is 4.04. The molecule has 0 N–H and O–H groups in total. The van der Waals surface area contributed by atoms with Gasteiger partial charge in [-0.15, -0.1) is 11.8 Å². The molecule has 1 nitrogen and oxygen atoms in total. The molecule has 1 unspecified atom stereocenters. The zero-order valence-corrected chi connectivity index (χ0v) is 9.87. The molecule has 1 rings (SSSR count). The molecule has 1 aliphatic heterocycles. The highest BCUT2D eigenvalue weighted by atomic mass is 32.2. The lowest BCUT2D eigenvalue weighted by atomic mass is 9.94. The van der Waals surface area contributed by atoms with Crippen molar-refractivity contribution in [1.29, 1.82) is 0 Å². The van der Waals surface area contributed by atoms with Crippen LogP contribution in [-0.4, -0.2) is 11.3 Å². The normalized spacial score (nSPS) is 30.8. The summed E-state index contributed by atoms with van der Waals surface area (Å²) < 4.78 is 0. The van der Waals surface area contributed by atoms with Crippen LogP contribution in [0.4, 0.5) is 0 Å². The Morgan fingerprint density at radius 3 is 2.69 bits per heavy atom. The Labute approximate surface area is 85.7 Å². The van der Waals surface area contributed by atoms with Gasteiger partial charge in [0.25, 0.3) is 0 Å². The molecule has 1 atom stereocenters. The fourth-order valence-electron chi connectivity index (χ4n) is 1.61. The fraction of sp³-hybridized carbons (Fsp3) is 0.727. The summed E-state index contributed by atoms with van der Waals surface area (Å²) in [4.78, 5) is 4.65. The number of hydrogen-bond donors (Lipinski definition) is 0. The van der Waals surface area contributed by atoms with E-state index in [1.807, 2.05) is 0 Å². The molecule has 13 heavy (non-hydrogen) atoms. The summed E-state index contributed by atoms with van der Waals surface area (Å²) in [7, 11) is 0. The molecule has 0 aromatic heterocycles. The molecule has 0 aromatic rings. The number of allylic oxidation sites excluding steroid dienone is 2. The van der Waals surface area contributed by atoms with E-state index in [2.05, 4.69) is 32.0 Å². The SMILES string of the molecule is CSC1=N/C(C)=C(/C)C(C)CCC1. The molecule has 0 radical (unpaired) electrons. The Balaban J connectivity index is 2.91. The van der Waals surface area contributed by atoms with Crippen molar-refractivity contribution in [2.75, 3.05) is 6.26 Å². The van der Waals surface area contributed by atoms with Gasteiger partial charge in [-0.25, -0.2) is 0 Å². The van der Waals surface area contributed by atoms with E-state index < -0.39 is 0 Å². The van der Waals surface area contributed by atoms with Gasteiger partial charge >= 0.3 is 0 Å². The van der Waals surface area contributed by atoms with Crippen molar-refractivity contribution in [2.24, 2.45) is 10.9 Å². The van der Waals surface area contributed by atoms with E-state index >= 15 is 0 Å². The quantitative estimate of drug-likeness (QED) is 0.574. The van der Waals surface area contributed by atoms with Gasteiger partial charge in [-0.3, -0.25) is 4.99 Å². The van der Waals surface area contributed by atoms with Gasteiger partial charge in [0.15, 0.2) is 0 Å². The topological polar surface area (TPSA) is 12.4 Å². The molecule has 0 spiro atoms. The third kappa shape index (κ3) is 2.87. The lowest BCUT2D eigenvalue weighted by molar-refractivity contribution is 0.580. The Hall–Kier alpha value is -0.240. The van der Waals surface area contributed by atoms with Crippen molar-refractivity contribution in [1.82, 2.24) is 0 Å². The molecule has 74 valence electrons.